The van der Waals surface area contributed by atoms with E-state index < -0.39 is 28.0 Å². The van der Waals surface area contributed by atoms with E-state index >= 15 is 0 Å². The molecule has 0 aliphatic carbocycles. The molecule has 37 heavy (non-hydrogen) atoms. The quantitative estimate of drug-likeness (QED) is 0.145. The predicted molar refractivity (Wildman–Crippen MR) is 144 cm³/mol. The molecule has 2 aromatic carbocycles. The van der Waals surface area contributed by atoms with Crippen molar-refractivity contribution in [2.75, 3.05) is 23.0 Å². The van der Waals surface area contributed by atoms with Crippen LogP contribution in [0.15, 0.2) is 53.3 Å². The summed E-state index contributed by atoms with van der Waals surface area (Å²) in [5.74, 6) is -1.07. The maximum absolute atomic E-state index is 14.2. The molecule has 0 bridgehead atoms. The summed E-state index contributed by atoms with van der Waals surface area (Å²) in [4.78, 5) is 29.2. The smallest absolute Gasteiger partial charge is 0.311 e. The monoisotopic (exact) mass is 549 g/mol. The van der Waals surface area contributed by atoms with Crippen molar-refractivity contribution in [1.29, 1.82) is 0 Å². The molecule has 1 heterocycles. The third kappa shape index (κ3) is 7.61. The van der Waals surface area contributed by atoms with Crippen molar-refractivity contribution in [2.24, 2.45) is 5.41 Å². The summed E-state index contributed by atoms with van der Waals surface area (Å²) in [5.41, 5.74) is 6.34. The number of oxazole rings is 1. The minimum Gasteiger partial charge on any atom is -0.463 e. The van der Waals surface area contributed by atoms with Gasteiger partial charge in [0.15, 0.2) is 0 Å². The Bertz CT molecular complexity index is 1250. The third-order valence-corrected chi connectivity index (χ3v) is 6.47. The third-order valence-electron chi connectivity index (χ3n) is 5.33. The molecule has 0 saturated heterocycles. The Labute approximate surface area is 223 Å². The van der Waals surface area contributed by atoms with Crippen LogP contribution >= 0.6 is 23.5 Å². The average Bonchev–Trinajstić information content (AvgIpc) is 3.36. The van der Waals surface area contributed by atoms with E-state index in [9.17, 15) is 14.0 Å². The average molecular weight is 550 g/mol. The minimum atomic E-state index is -1.12. The first-order valence-corrected chi connectivity index (χ1v) is 12.5. The Balaban J connectivity index is 1.70. The summed E-state index contributed by atoms with van der Waals surface area (Å²) >= 11 is 6.57. The van der Waals surface area contributed by atoms with Crippen LogP contribution in [0.4, 0.5) is 26.6 Å². The molecule has 0 saturated carbocycles. The van der Waals surface area contributed by atoms with E-state index in [4.69, 9.17) is 26.5 Å². The van der Waals surface area contributed by atoms with Gasteiger partial charge in [-0.3, -0.25) is 9.59 Å². The van der Waals surface area contributed by atoms with Crippen molar-refractivity contribution in [3.8, 4) is 0 Å². The molecular weight excluding hydrogens is 521 g/mol. The first kappa shape index (κ1) is 28.3. The van der Waals surface area contributed by atoms with E-state index in [1.807, 2.05) is 6.07 Å². The first-order chi connectivity index (χ1) is 17.4. The molecule has 0 fully saturated rings. The van der Waals surface area contributed by atoms with Crippen LogP contribution in [0.2, 0.25) is 5.02 Å². The number of para-hydroxylation sites is 1. The van der Waals surface area contributed by atoms with Gasteiger partial charge < -0.3 is 25.5 Å². The van der Waals surface area contributed by atoms with Crippen molar-refractivity contribution >= 4 is 52.1 Å². The Morgan fingerprint density at radius 2 is 1.97 bits per heavy atom. The van der Waals surface area contributed by atoms with Crippen molar-refractivity contribution in [3.05, 3.63) is 70.8 Å². The highest BCUT2D eigenvalue weighted by atomic mass is 35.5. The molecule has 0 aliphatic heterocycles. The van der Waals surface area contributed by atoms with Crippen LogP contribution in [0.1, 0.15) is 38.8 Å². The van der Waals surface area contributed by atoms with Gasteiger partial charge in [-0.2, -0.15) is 0 Å². The molecule has 0 aliphatic rings. The van der Waals surface area contributed by atoms with Gasteiger partial charge in [-0.05, 0) is 57.0 Å². The second-order valence-electron chi connectivity index (χ2n) is 9.47. The number of nitrogens with zero attached hydrogens (tertiary/aromatic N) is 1. The van der Waals surface area contributed by atoms with Crippen LogP contribution < -0.4 is 21.1 Å². The van der Waals surface area contributed by atoms with Gasteiger partial charge in [0.25, 0.3) is 11.3 Å². The number of nitrogens with two attached hydrogens (primary N) is 1. The fourth-order valence-corrected chi connectivity index (χ4v) is 3.86. The van der Waals surface area contributed by atoms with Gasteiger partial charge in [-0.25, -0.2) is 14.1 Å². The van der Waals surface area contributed by atoms with E-state index in [-0.39, 0.29) is 11.6 Å². The number of amides is 1. The molecule has 0 spiro atoms. The summed E-state index contributed by atoms with van der Waals surface area (Å²) in [6.45, 7) is 7.04. The lowest BCUT2D eigenvalue weighted by molar-refractivity contribution is -0.155. The zero-order chi connectivity index (χ0) is 27.2. The number of esters is 1. The molecule has 198 valence electrons. The topological polar surface area (TPSA) is 132 Å². The highest BCUT2D eigenvalue weighted by Gasteiger charge is 2.33. The number of nitrogens with one attached hydrogen (secondary N) is 3. The van der Waals surface area contributed by atoms with Crippen molar-refractivity contribution in [3.63, 3.8) is 0 Å². The minimum absolute atomic E-state index is 0.0455. The van der Waals surface area contributed by atoms with Crippen LogP contribution in [0.5, 0.6) is 0 Å². The Hall–Kier alpha value is -3.28. The number of halogens is 2. The second kappa shape index (κ2) is 11.8. The number of ether oxygens (including phenoxy) is 1. The van der Waals surface area contributed by atoms with E-state index in [0.29, 0.717) is 29.5 Å². The van der Waals surface area contributed by atoms with Crippen molar-refractivity contribution < 1.29 is 23.1 Å². The van der Waals surface area contributed by atoms with E-state index in [1.54, 1.807) is 45.9 Å². The maximum Gasteiger partial charge on any atom is 0.311 e. The zero-order valence-corrected chi connectivity index (χ0v) is 22.4. The van der Waals surface area contributed by atoms with Crippen molar-refractivity contribution in [1.82, 2.24) is 9.71 Å². The molecule has 9 nitrogen and oxygen atoms in total. The number of carbonyl (C=O) groups is 2. The van der Waals surface area contributed by atoms with E-state index in [2.05, 4.69) is 20.3 Å². The summed E-state index contributed by atoms with van der Waals surface area (Å²) in [7, 11) is 0. The number of hydrogen-bond acceptors (Lipinski definition) is 9. The fraction of sp³-hybridized carbons (Fsp3) is 0.320. The molecule has 3 aromatic rings. The summed E-state index contributed by atoms with van der Waals surface area (Å²) in [5, 5.41) is 5.22. The molecule has 12 heteroatoms. The summed E-state index contributed by atoms with van der Waals surface area (Å²) < 4.78 is 27.9. The van der Waals surface area contributed by atoms with Gasteiger partial charge in [-0.15, -0.1) is 0 Å². The van der Waals surface area contributed by atoms with Crippen LogP contribution in [-0.2, 0) is 21.6 Å². The number of hydrogen-bond donors (Lipinski definition) is 4. The number of rotatable bonds is 9. The Morgan fingerprint density at radius 1 is 1.22 bits per heavy atom. The van der Waals surface area contributed by atoms with Gasteiger partial charge in [0.05, 0.1) is 33.5 Å². The highest BCUT2D eigenvalue weighted by molar-refractivity contribution is 8.12. The number of carbonyl (C=O) groups excluding carboxylic acids is 2. The van der Waals surface area contributed by atoms with Gasteiger partial charge in [0, 0.05) is 18.5 Å². The lowest BCUT2D eigenvalue weighted by atomic mass is 9.93. The highest BCUT2D eigenvalue weighted by Crippen LogP contribution is 2.30. The number of benzene rings is 2. The van der Waals surface area contributed by atoms with Crippen molar-refractivity contribution in [2.45, 2.75) is 39.8 Å². The van der Waals surface area contributed by atoms with Gasteiger partial charge >= 0.3 is 5.97 Å². The molecule has 1 atom stereocenters. The number of anilines is 3. The lowest BCUT2D eigenvalue weighted by Crippen LogP contribution is -2.42. The SMILES string of the molecule is CC(C)(C)C(=O)OCC(C)(NSC(=O)Nc1cccc(CNc2ncco2)c1N)c1ccc(Cl)c(F)c1. The molecule has 5 N–H and O–H groups in total. The molecule has 3 rings (SSSR count). The normalized spacial score (nSPS) is 13.0. The molecular formula is C25H29ClFN5O4S. The van der Waals surface area contributed by atoms with Gasteiger partial charge in [0.1, 0.15) is 18.7 Å². The largest absolute Gasteiger partial charge is 0.463 e. The van der Waals surface area contributed by atoms with Crippen LogP contribution in [0.25, 0.3) is 0 Å². The predicted octanol–water partition coefficient (Wildman–Crippen LogP) is 5.94. The molecule has 1 unspecified atom stereocenters. The zero-order valence-electron chi connectivity index (χ0n) is 20.9. The molecule has 1 aromatic heterocycles. The maximum atomic E-state index is 14.2. The number of aromatic nitrogens is 1. The second-order valence-corrected chi connectivity index (χ2v) is 10.7. The van der Waals surface area contributed by atoms with E-state index in [1.165, 1.54) is 24.6 Å². The molecule has 0 radical (unpaired) electrons. The van der Waals surface area contributed by atoms with Gasteiger partial charge in [0.2, 0.25) is 0 Å². The summed E-state index contributed by atoms with van der Waals surface area (Å²) in [6.07, 6.45) is 2.96. The fourth-order valence-electron chi connectivity index (χ4n) is 3.09. The van der Waals surface area contributed by atoms with E-state index in [0.717, 1.165) is 17.5 Å². The van der Waals surface area contributed by atoms with Crippen LogP contribution in [0.3, 0.4) is 0 Å². The standard InChI is InChI=1S/C25H29ClFN5O4S/c1-24(2,3)21(33)36-14-25(4,16-8-9-17(26)18(27)12-16)32-37-23(34)31-19-7-5-6-15(20(19)28)13-30-22-29-10-11-35-22/h5-12,32H,13-14,28H2,1-4H3,(H,29,30)(H,31,34). The lowest BCUT2D eigenvalue weighted by Gasteiger charge is -2.31. The Morgan fingerprint density at radius 3 is 2.62 bits per heavy atom. The summed E-state index contributed by atoms with van der Waals surface area (Å²) in [6, 6.07) is 9.82. The van der Waals surface area contributed by atoms with Gasteiger partial charge in [-0.1, -0.05) is 29.8 Å². The first-order valence-electron chi connectivity index (χ1n) is 11.3. The van der Waals surface area contributed by atoms with Crippen LogP contribution in [0, 0.1) is 11.2 Å². The molecule has 1 amide bonds. The van der Waals surface area contributed by atoms with Crippen LogP contribution in [-0.4, -0.2) is 22.8 Å². The number of nitrogen functional groups attached to an aromatic ring is 1. The Kier molecular flexibility index (Phi) is 9.06.